The summed E-state index contributed by atoms with van der Waals surface area (Å²) in [6.07, 6.45) is 0. The molecule has 0 atom stereocenters. The predicted molar refractivity (Wildman–Crippen MR) is 84.8 cm³/mol. The van der Waals surface area contributed by atoms with E-state index < -0.39 is 16.5 Å². The summed E-state index contributed by atoms with van der Waals surface area (Å²) in [7, 11) is -1.96. The van der Waals surface area contributed by atoms with Gasteiger partial charge in [0.25, 0.3) is 0 Å². The van der Waals surface area contributed by atoms with Gasteiger partial charge in [-0.2, -0.15) is 0 Å². The van der Waals surface area contributed by atoms with E-state index in [2.05, 4.69) is 61.1 Å². The molecule has 1 rings (SSSR count). The number of hydrogen-bond acceptors (Lipinski definition) is 3. The lowest BCUT2D eigenvalue weighted by atomic mass is 10.4. The molecule has 2 N–H and O–H groups in total. The quantitative estimate of drug-likeness (QED) is 0.773. The minimum Gasteiger partial charge on any atom is -0.360 e. The van der Waals surface area contributed by atoms with Gasteiger partial charge in [-0.1, -0.05) is 46.2 Å². The molecule has 104 valence electrons. The van der Waals surface area contributed by atoms with Crippen LogP contribution in [0.2, 0.25) is 39.3 Å². The second-order valence-electron chi connectivity index (χ2n) is 6.81. The highest BCUT2D eigenvalue weighted by Crippen LogP contribution is 2.02. The van der Waals surface area contributed by atoms with E-state index in [9.17, 15) is 0 Å². The van der Waals surface area contributed by atoms with Crippen molar-refractivity contribution < 1.29 is 0 Å². The van der Waals surface area contributed by atoms with Crippen LogP contribution >= 0.6 is 0 Å². The normalized spacial score (nSPS) is 18.5. The zero-order valence-electron chi connectivity index (χ0n) is 13.0. The highest BCUT2D eigenvalue weighted by molar-refractivity contribution is 6.90. The van der Waals surface area contributed by atoms with E-state index in [0.29, 0.717) is 0 Å². The summed E-state index contributed by atoms with van der Waals surface area (Å²) in [5.41, 5.74) is 0. The number of nitrogens with one attached hydrogen (secondary N) is 2. The molecular weight excluding hydrogens is 242 g/mol. The van der Waals surface area contributed by atoms with Crippen molar-refractivity contribution in [1.82, 2.24) is 14.9 Å². The van der Waals surface area contributed by atoms with Crippen LogP contribution in [0.4, 0.5) is 0 Å². The second kappa shape index (κ2) is 7.68. The fraction of sp³-hybridized carbons (Fsp3) is 1.00. The van der Waals surface area contributed by atoms with Gasteiger partial charge in [0.2, 0.25) is 0 Å². The van der Waals surface area contributed by atoms with Gasteiger partial charge in [-0.3, -0.25) is 0 Å². The summed E-state index contributed by atoms with van der Waals surface area (Å²) in [5, 5.41) is 3.31. The smallest absolute Gasteiger partial charge is 0.109 e. The fourth-order valence-electron chi connectivity index (χ4n) is 2.15. The molecule has 0 unspecified atom stereocenters. The molecule has 0 spiro atoms. The molecule has 0 saturated carbocycles. The van der Waals surface area contributed by atoms with Crippen LogP contribution in [-0.2, 0) is 0 Å². The van der Waals surface area contributed by atoms with Crippen LogP contribution in [0.25, 0.3) is 0 Å². The largest absolute Gasteiger partial charge is 0.360 e. The first-order chi connectivity index (χ1) is 7.64. The Bertz CT molecular complexity index is 179. The Morgan fingerprint density at radius 1 is 0.941 bits per heavy atom. The van der Waals surface area contributed by atoms with Crippen molar-refractivity contribution in [3.05, 3.63) is 0 Å². The van der Waals surface area contributed by atoms with Gasteiger partial charge in [0.15, 0.2) is 0 Å². The molecule has 1 saturated heterocycles. The third-order valence-electron chi connectivity index (χ3n) is 2.41. The van der Waals surface area contributed by atoms with Crippen LogP contribution in [0, 0.1) is 0 Å². The lowest BCUT2D eigenvalue weighted by molar-refractivity contribution is 0.253. The van der Waals surface area contributed by atoms with Crippen LogP contribution in [0.15, 0.2) is 0 Å². The Balaban J connectivity index is 0.000000302. The van der Waals surface area contributed by atoms with Gasteiger partial charge in [0.05, 0.1) is 0 Å². The monoisotopic (exact) mass is 275 g/mol. The maximum absolute atomic E-state index is 3.74. The van der Waals surface area contributed by atoms with Crippen LogP contribution < -0.4 is 9.96 Å². The molecule has 0 radical (unpaired) electrons. The van der Waals surface area contributed by atoms with E-state index in [-0.39, 0.29) is 0 Å². The third-order valence-corrected chi connectivity index (χ3v) is 8.41. The average Bonchev–Trinajstić information content (AvgIpc) is 2.14. The Morgan fingerprint density at radius 3 is 1.53 bits per heavy atom. The van der Waals surface area contributed by atoms with E-state index in [0.717, 1.165) is 0 Å². The minimum absolute atomic E-state index is 0.981. The Labute approximate surface area is 111 Å². The summed E-state index contributed by atoms with van der Waals surface area (Å²) < 4.78 is 3.74. The molecule has 0 aromatic carbocycles. The van der Waals surface area contributed by atoms with Gasteiger partial charge in [0.1, 0.15) is 16.5 Å². The average molecular weight is 276 g/mol. The molecule has 1 aliphatic rings. The standard InChI is InChI=1S/C6H14N2.C6H19NSi2/c1-2-8-5-3-7-4-6-8;1-8(2,3)7-9(4,5)6/h7H,2-6H2,1H3;7H,1-6H3. The molecule has 0 aliphatic carbocycles. The SMILES string of the molecule is CCN1CCNCC1.C[Si](C)(C)N[Si](C)(C)C. The van der Waals surface area contributed by atoms with E-state index in [1.54, 1.807) is 0 Å². The molecule has 0 aromatic rings. The summed E-state index contributed by atoms with van der Waals surface area (Å²) in [5.74, 6) is 0. The molecule has 0 bridgehead atoms. The molecule has 1 aliphatic heterocycles. The molecule has 1 heterocycles. The van der Waals surface area contributed by atoms with Crippen molar-refractivity contribution in [2.24, 2.45) is 0 Å². The summed E-state index contributed by atoms with van der Waals surface area (Å²) in [6, 6.07) is 0. The van der Waals surface area contributed by atoms with Crippen molar-refractivity contribution in [3.63, 3.8) is 0 Å². The highest BCUT2D eigenvalue weighted by Gasteiger charge is 2.22. The third kappa shape index (κ3) is 12.6. The molecule has 0 aromatic heterocycles. The maximum Gasteiger partial charge on any atom is 0.109 e. The van der Waals surface area contributed by atoms with Crippen LogP contribution in [0.5, 0.6) is 0 Å². The molecule has 17 heavy (non-hydrogen) atoms. The first kappa shape index (κ1) is 17.3. The zero-order chi connectivity index (χ0) is 13.5. The first-order valence-electron chi connectivity index (χ1n) is 6.86. The van der Waals surface area contributed by atoms with E-state index in [1.807, 2.05) is 0 Å². The molecule has 3 nitrogen and oxygen atoms in total. The lowest BCUT2D eigenvalue weighted by Gasteiger charge is -2.28. The van der Waals surface area contributed by atoms with Crippen molar-refractivity contribution in [1.29, 1.82) is 0 Å². The zero-order valence-corrected chi connectivity index (χ0v) is 15.0. The van der Waals surface area contributed by atoms with E-state index in [1.165, 1.54) is 32.7 Å². The summed E-state index contributed by atoms with van der Waals surface area (Å²) >= 11 is 0. The van der Waals surface area contributed by atoms with Gasteiger partial charge in [0, 0.05) is 26.2 Å². The molecule has 5 heteroatoms. The predicted octanol–water partition coefficient (Wildman–Crippen LogP) is 2.16. The summed E-state index contributed by atoms with van der Waals surface area (Å²) in [4.78, 5) is 2.45. The van der Waals surface area contributed by atoms with E-state index >= 15 is 0 Å². The molecular formula is C12H33N3Si2. The van der Waals surface area contributed by atoms with Crippen LogP contribution in [0.3, 0.4) is 0 Å². The van der Waals surface area contributed by atoms with Crippen LogP contribution in [-0.4, -0.2) is 54.1 Å². The number of rotatable bonds is 3. The van der Waals surface area contributed by atoms with E-state index in [4.69, 9.17) is 0 Å². The number of nitrogens with zero attached hydrogens (tertiary/aromatic N) is 1. The van der Waals surface area contributed by atoms with Gasteiger partial charge in [-0.25, -0.2) is 0 Å². The highest BCUT2D eigenvalue weighted by atomic mass is 28.4. The van der Waals surface area contributed by atoms with Gasteiger partial charge >= 0.3 is 0 Å². The molecule has 0 amide bonds. The number of likely N-dealkylation sites (N-methyl/N-ethyl adjacent to an activating group) is 1. The van der Waals surface area contributed by atoms with Gasteiger partial charge in [-0.05, 0) is 6.54 Å². The fourth-order valence-corrected chi connectivity index (χ4v) is 11.2. The summed E-state index contributed by atoms with van der Waals surface area (Å²) in [6.45, 7) is 22.4. The van der Waals surface area contributed by atoms with Crippen LogP contribution in [0.1, 0.15) is 6.92 Å². The van der Waals surface area contributed by atoms with Gasteiger partial charge < -0.3 is 14.9 Å². The number of piperazine rings is 1. The lowest BCUT2D eigenvalue weighted by Crippen LogP contribution is -2.55. The van der Waals surface area contributed by atoms with Crippen molar-refractivity contribution >= 4 is 16.5 Å². The van der Waals surface area contributed by atoms with Crippen molar-refractivity contribution in [3.8, 4) is 0 Å². The Hall–Kier alpha value is 0.314. The van der Waals surface area contributed by atoms with Crippen molar-refractivity contribution in [2.75, 3.05) is 32.7 Å². The minimum atomic E-state index is -0.981. The van der Waals surface area contributed by atoms with Gasteiger partial charge in [-0.15, -0.1) is 0 Å². The second-order valence-corrected chi connectivity index (χ2v) is 16.8. The topological polar surface area (TPSA) is 27.3 Å². The Kier molecular flexibility index (Phi) is 7.83. The Morgan fingerprint density at radius 2 is 1.35 bits per heavy atom. The number of hydrogen-bond donors (Lipinski definition) is 2. The first-order valence-corrected chi connectivity index (χ1v) is 13.9. The molecule has 1 fully saturated rings. The van der Waals surface area contributed by atoms with Crippen molar-refractivity contribution in [2.45, 2.75) is 46.2 Å². The maximum atomic E-state index is 3.74.